The van der Waals surface area contributed by atoms with Crippen LogP contribution in [0.4, 0.5) is 13.2 Å². The van der Waals surface area contributed by atoms with Gasteiger partial charge in [-0.05, 0) is 65.8 Å². The number of aldehydes is 1. The predicted octanol–water partition coefficient (Wildman–Crippen LogP) is 6.48. The Kier molecular flexibility index (Phi) is 8.68. The fourth-order valence-electron chi connectivity index (χ4n) is 3.84. The monoisotopic (exact) mass is 483 g/mol. The molecule has 0 unspecified atom stereocenters. The van der Waals surface area contributed by atoms with Gasteiger partial charge >= 0.3 is 6.18 Å². The van der Waals surface area contributed by atoms with Crippen LogP contribution in [-0.4, -0.2) is 17.3 Å². The first-order valence-electron chi connectivity index (χ1n) is 11.5. The third kappa shape index (κ3) is 7.18. The minimum absolute atomic E-state index is 0.109. The average Bonchev–Trinajstić information content (AvgIpc) is 2.84. The van der Waals surface area contributed by atoms with Gasteiger partial charge in [-0.25, -0.2) is 0 Å². The SMILES string of the molecule is CCCCCc1ccc(CNC(=O)c2ccc(Cc3cc(C=O)c(O)cc3C(F)(F)F)cc2)cc1. The van der Waals surface area contributed by atoms with Gasteiger partial charge in [0, 0.05) is 12.1 Å². The molecule has 0 saturated carbocycles. The first kappa shape index (κ1) is 26.0. The van der Waals surface area contributed by atoms with Gasteiger partial charge in [-0.3, -0.25) is 9.59 Å². The van der Waals surface area contributed by atoms with Crippen LogP contribution in [0, 0.1) is 0 Å². The highest BCUT2D eigenvalue weighted by Crippen LogP contribution is 2.36. The molecule has 0 atom stereocenters. The van der Waals surface area contributed by atoms with E-state index in [9.17, 15) is 27.9 Å². The second kappa shape index (κ2) is 11.7. The number of aromatic hydroxyl groups is 1. The molecular weight excluding hydrogens is 455 g/mol. The largest absolute Gasteiger partial charge is 0.507 e. The Morgan fingerprint density at radius 3 is 2.17 bits per heavy atom. The second-order valence-corrected chi connectivity index (χ2v) is 8.51. The van der Waals surface area contributed by atoms with Crippen LogP contribution >= 0.6 is 0 Å². The van der Waals surface area contributed by atoms with Crippen molar-refractivity contribution in [3.8, 4) is 5.75 Å². The quantitative estimate of drug-likeness (QED) is 0.256. The molecule has 0 aliphatic carbocycles. The fraction of sp³-hybridized carbons (Fsp3) is 0.286. The number of nitrogens with one attached hydrogen (secondary N) is 1. The Bertz CT molecular complexity index is 1150. The van der Waals surface area contributed by atoms with Crippen molar-refractivity contribution in [3.63, 3.8) is 0 Å². The molecule has 0 aliphatic heterocycles. The molecule has 0 radical (unpaired) electrons. The summed E-state index contributed by atoms with van der Waals surface area (Å²) in [6.07, 6.45) is 0.103. The summed E-state index contributed by atoms with van der Waals surface area (Å²) in [5, 5.41) is 12.5. The van der Waals surface area contributed by atoms with E-state index in [1.54, 1.807) is 24.3 Å². The molecule has 3 aromatic carbocycles. The van der Waals surface area contributed by atoms with Crippen LogP contribution in [0.15, 0.2) is 60.7 Å². The van der Waals surface area contributed by atoms with Crippen molar-refractivity contribution < 1.29 is 27.9 Å². The molecule has 0 spiro atoms. The summed E-state index contributed by atoms with van der Waals surface area (Å²) in [5.41, 5.74) is 1.83. The highest BCUT2D eigenvalue weighted by molar-refractivity contribution is 5.94. The van der Waals surface area contributed by atoms with E-state index in [0.717, 1.165) is 24.5 Å². The summed E-state index contributed by atoms with van der Waals surface area (Å²) >= 11 is 0. The maximum Gasteiger partial charge on any atom is 0.416 e. The average molecular weight is 484 g/mol. The standard InChI is InChI=1S/C28H28F3NO3/c1-2-3-4-5-19-6-8-21(9-7-19)17-32-27(35)22-12-10-20(11-13-22)14-23-15-24(18-33)26(34)16-25(23)28(29,30)31/h6-13,15-16,18,34H,2-5,14,17H2,1H3,(H,32,35). The minimum atomic E-state index is -4.68. The van der Waals surface area contributed by atoms with Crippen molar-refractivity contribution in [3.05, 3.63) is 99.6 Å². The zero-order valence-corrected chi connectivity index (χ0v) is 19.5. The molecule has 4 nitrogen and oxygen atoms in total. The van der Waals surface area contributed by atoms with Gasteiger partial charge in [-0.1, -0.05) is 56.2 Å². The van der Waals surface area contributed by atoms with Crippen molar-refractivity contribution in [1.82, 2.24) is 5.32 Å². The molecule has 2 N–H and O–H groups in total. The number of phenols is 1. The number of halogens is 3. The maximum atomic E-state index is 13.4. The number of carbonyl (C=O) groups excluding carboxylic acids is 2. The molecule has 3 rings (SSSR count). The zero-order chi connectivity index (χ0) is 25.4. The van der Waals surface area contributed by atoms with Crippen LogP contribution in [0.5, 0.6) is 5.75 Å². The number of rotatable bonds is 10. The van der Waals surface area contributed by atoms with Crippen LogP contribution < -0.4 is 5.32 Å². The lowest BCUT2D eigenvalue weighted by Gasteiger charge is -2.15. The van der Waals surface area contributed by atoms with E-state index < -0.39 is 17.5 Å². The van der Waals surface area contributed by atoms with Gasteiger partial charge in [0.25, 0.3) is 5.91 Å². The van der Waals surface area contributed by atoms with Gasteiger partial charge < -0.3 is 10.4 Å². The molecule has 0 bridgehead atoms. The van der Waals surface area contributed by atoms with Gasteiger partial charge in [0.2, 0.25) is 0 Å². The molecule has 184 valence electrons. The zero-order valence-electron chi connectivity index (χ0n) is 19.5. The number of aryl methyl sites for hydroxylation is 1. The van der Waals surface area contributed by atoms with E-state index in [2.05, 4.69) is 24.4 Å². The Morgan fingerprint density at radius 1 is 0.943 bits per heavy atom. The van der Waals surface area contributed by atoms with Crippen LogP contribution in [0.3, 0.4) is 0 Å². The Labute approximate surface area is 202 Å². The molecule has 0 fully saturated rings. The molecule has 35 heavy (non-hydrogen) atoms. The van der Waals surface area contributed by atoms with Crippen LogP contribution in [-0.2, 0) is 25.6 Å². The molecule has 0 saturated heterocycles. The van der Waals surface area contributed by atoms with Crippen LogP contribution in [0.2, 0.25) is 0 Å². The smallest absolute Gasteiger partial charge is 0.416 e. The fourth-order valence-corrected chi connectivity index (χ4v) is 3.84. The molecule has 7 heteroatoms. The van der Waals surface area contributed by atoms with E-state index in [-0.39, 0.29) is 23.5 Å². The van der Waals surface area contributed by atoms with Gasteiger partial charge in [0.1, 0.15) is 5.75 Å². The molecular formula is C28H28F3NO3. The van der Waals surface area contributed by atoms with E-state index in [0.29, 0.717) is 30.0 Å². The van der Waals surface area contributed by atoms with E-state index in [1.165, 1.54) is 18.4 Å². The Balaban J connectivity index is 1.63. The van der Waals surface area contributed by atoms with Crippen molar-refractivity contribution in [2.75, 3.05) is 0 Å². The number of phenolic OH excluding ortho intramolecular Hbond substituents is 1. The third-order valence-electron chi connectivity index (χ3n) is 5.84. The lowest BCUT2D eigenvalue weighted by atomic mass is 9.96. The highest BCUT2D eigenvalue weighted by Gasteiger charge is 2.34. The normalized spacial score (nSPS) is 11.3. The predicted molar refractivity (Wildman–Crippen MR) is 129 cm³/mol. The molecule has 0 aromatic heterocycles. The van der Waals surface area contributed by atoms with E-state index in [4.69, 9.17) is 0 Å². The summed E-state index contributed by atoms with van der Waals surface area (Å²) in [6, 6.07) is 16.0. The summed E-state index contributed by atoms with van der Waals surface area (Å²) in [6.45, 7) is 2.54. The Morgan fingerprint density at radius 2 is 1.57 bits per heavy atom. The van der Waals surface area contributed by atoms with Gasteiger partial charge in [-0.2, -0.15) is 13.2 Å². The number of alkyl halides is 3. The number of unbranched alkanes of at least 4 members (excludes halogenated alkanes) is 2. The molecule has 0 heterocycles. The number of hydrogen-bond donors (Lipinski definition) is 2. The number of amides is 1. The first-order chi connectivity index (χ1) is 16.7. The number of carbonyl (C=O) groups is 2. The first-order valence-corrected chi connectivity index (χ1v) is 11.5. The van der Waals surface area contributed by atoms with E-state index in [1.807, 2.05) is 12.1 Å². The van der Waals surface area contributed by atoms with Gasteiger partial charge in [0.15, 0.2) is 6.29 Å². The minimum Gasteiger partial charge on any atom is -0.507 e. The third-order valence-corrected chi connectivity index (χ3v) is 5.84. The summed E-state index contributed by atoms with van der Waals surface area (Å²) < 4.78 is 40.2. The molecule has 1 amide bonds. The lowest BCUT2D eigenvalue weighted by Crippen LogP contribution is -2.22. The maximum absolute atomic E-state index is 13.4. The summed E-state index contributed by atoms with van der Waals surface area (Å²) in [5.74, 6) is -0.998. The van der Waals surface area contributed by atoms with Crippen molar-refractivity contribution >= 4 is 12.2 Å². The number of benzene rings is 3. The lowest BCUT2D eigenvalue weighted by molar-refractivity contribution is -0.138. The summed E-state index contributed by atoms with van der Waals surface area (Å²) in [4.78, 5) is 23.6. The van der Waals surface area contributed by atoms with Crippen molar-refractivity contribution in [1.29, 1.82) is 0 Å². The molecule has 3 aromatic rings. The van der Waals surface area contributed by atoms with E-state index >= 15 is 0 Å². The summed E-state index contributed by atoms with van der Waals surface area (Å²) in [7, 11) is 0. The Hall–Kier alpha value is -3.61. The molecule has 0 aliphatic rings. The topological polar surface area (TPSA) is 66.4 Å². The van der Waals surface area contributed by atoms with Crippen molar-refractivity contribution in [2.24, 2.45) is 0 Å². The van der Waals surface area contributed by atoms with Crippen molar-refractivity contribution in [2.45, 2.75) is 51.7 Å². The highest BCUT2D eigenvalue weighted by atomic mass is 19.4. The van der Waals surface area contributed by atoms with Crippen LogP contribution in [0.1, 0.15) is 74.7 Å². The number of hydrogen-bond acceptors (Lipinski definition) is 3. The van der Waals surface area contributed by atoms with Gasteiger partial charge in [-0.15, -0.1) is 0 Å². The van der Waals surface area contributed by atoms with Gasteiger partial charge in [0.05, 0.1) is 11.1 Å². The van der Waals surface area contributed by atoms with Crippen LogP contribution in [0.25, 0.3) is 0 Å². The second-order valence-electron chi connectivity index (χ2n) is 8.51.